The van der Waals surface area contributed by atoms with E-state index in [1.165, 1.54) is 7.11 Å². The predicted octanol–water partition coefficient (Wildman–Crippen LogP) is 4.61. The molecule has 3 aromatic rings. The topological polar surface area (TPSA) is 97.1 Å². The molecule has 4 rings (SSSR count). The average Bonchev–Trinajstić information content (AvgIpc) is 3.23. The van der Waals surface area contributed by atoms with Gasteiger partial charge in [0.25, 0.3) is 11.9 Å². The van der Waals surface area contributed by atoms with Gasteiger partial charge in [0.15, 0.2) is 11.3 Å². The highest BCUT2D eigenvalue weighted by Crippen LogP contribution is 2.33. The van der Waals surface area contributed by atoms with Crippen LogP contribution in [0, 0.1) is 0 Å². The number of amides is 1. The van der Waals surface area contributed by atoms with Crippen molar-refractivity contribution >= 4 is 34.6 Å². The third kappa shape index (κ3) is 5.69. The van der Waals surface area contributed by atoms with Crippen molar-refractivity contribution in [1.82, 2.24) is 9.88 Å². The van der Waals surface area contributed by atoms with E-state index in [2.05, 4.69) is 10.3 Å². The van der Waals surface area contributed by atoms with Gasteiger partial charge in [0.05, 0.1) is 31.5 Å². The summed E-state index contributed by atoms with van der Waals surface area (Å²) in [5.41, 5.74) is 1.14. The van der Waals surface area contributed by atoms with E-state index >= 15 is 0 Å². The third-order valence-corrected chi connectivity index (χ3v) is 6.21. The molecule has 1 aliphatic heterocycles. The molecule has 10 heteroatoms. The normalized spacial score (nSPS) is 20.0. The Morgan fingerprint density at radius 2 is 2.20 bits per heavy atom. The predicted molar refractivity (Wildman–Crippen MR) is 131 cm³/mol. The number of nitrogens with zero attached hydrogens (tertiary/aromatic N) is 2. The number of hydrogen-bond donors (Lipinski definition) is 2. The second-order valence-corrected chi connectivity index (χ2v) is 9.47. The zero-order valence-corrected chi connectivity index (χ0v) is 20.6. The van der Waals surface area contributed by atoms with Crippen molar-refractivity contribution in [2.24, 2.45) is 0 Å². The van der Waals surface area contributed by atoms with Crippen molar-refractivity contribution in [3.63, 3.8) is 0 Å². The quantitative estimate of drug-likeness (QED) is 0.461. The first kappa shape index (κ1) is 25.2. The van der Waals surface area contributed by atoms with E-state index in [1.807, 2.05) is 6.92 Å². The van der Waals surface area contributed by atoms with Crippen LogP contribution < -0.4 is 10.1 Å². The van der Waals surface area contributed by atoms with Gasteiger partial charge < -0.3 is 29.2 Å². The molecular weight excluding hydrogens is 477 g/mol. The van der Waals surface area contributed by atoms with Gasteiger partial charge in [0, 0.05) is 30.1 Å². The summed E-state index contributed by atoms with van der Waals surface area (Å²) < 4.78 is 30.9. The zero-order valence-electron chi connectivity index (χ0n) is 19.9. The molecule has 1 aromatic heterocycles. The van der Waals surface area contributed by atoms with Crippen molar-refractivity contribution in [1.29, 1.82) is 0 Å². The Hall–Kier alpha value is -2.88. The molecule has 0 saturated carbocycles. The summed E-state index contributed by atoms with van der Waals surface area (Å²) in [5.74, 6) is 0.134. The van der Waals surface area contributed by atoms with E-state index in [0.717, 1.165) is 0 Å². The number of alkyl halides is 1. The number of rotatable bonds is 8. The van der Waals surface area contributed by atoms with Gasteiger partial charge >= 0.3 is 0 Å². The Bertz CT molecular complexity index is 1200. The SMILES string of the molecule is COc1cc(C(=O)N2CCOC(C)(CC(C)O)C2)cc2nc(NC(CF)c3cccc(Cl)c3)oc12. The molecule has 1 amide bonds. The van der Waals surface area contributed by atoms with Crippen molar-refractivity contribution in [3.05, 3.63) is 52.5 Å². The summed E-state index contributed by atoms with van der Waals surface area (Å²) in [6.45, 7) is 4.03. The average molecular weight is 506 g/mol. The third-order valence-electron chi connectivity index (χ3n) is 5.98. The zero-order chi connectivity index (χ0) is 25.2. The van der Waals surface area contributed by atoms with Crippen molar-refractivity contribution < 1.29 is 28.2 Å². The first-order chi connectivity index (χ1) is 16.7. The minimum atomic E-state index is -0.714. The number of morpholine rings is 1. The number of carbonyl (C=O) groups excluding carboxylic acids is 1. The fourth-order valence-corrected chi connectivity index (χ4v) is 4.66. The number of hydrogen-bond acceptors (Lipinski definition) is 7. The molecule has 2 aromatic carbocycles. The van der Waals surface area contributed by atoms with Crippen LogP contribution in [0.2, 0.25) is 5.02 Å². The molecule has 0 bridgehead atoms. The fourth-order valence-electron chi connectivity index (χ4n) is 4.46. The van der Waals surface area contributed by atoms with Crippen LogP contribution in [0.15, 0.2) is 40.8 Å². The highest BCUT2D eigenvalue weighted by Gasteiger charge is 2.36. The number of fused-ring (bicyclic) bond motifs is 1. The van der Waals surface area contributed by atoms with Gasteiger partial charge in [-0.3, -0.25) is 4.79 Å². The van der Waals surface area contributed by atoms with Gasteiger partial charge in [-0.25, -0.2) is 4.39 Å². The van der Waals surface area contributed by atoms with E-state index in [0.29, 0.717) is 59.1 Å². The summed E-state index contributed by atoms with van der Waals surface area (Å²) in [5, 5.41) is 13.3. The smallest absolute Gasteiger partial charge is 0.296 e. The number of aliphatic hydroxyl groups excluding tert-OH is 1. The molecule has 2 N–H and O–H groups in total. The lowest BCUT2D eigenvalue weighted by Gasteiger charge is -2.41. The van der Waals surface area contributed by atoms with Crippen molar-refractivity contribution in [3.8, 4) is 5.75 Å². The van der Waals surface area contributed by atoms with Crippen LogP contribution >= 0.6 is 11.6 Å². The summed E-state index contributed by atoms with van der Waals surface area (Å²) in [6.07, 6.45) is -0.132. The number of aromatic nitrogens is 1. The molecule has 188 valence electrons. The maximum atomic E-state index is 13.8. The van der Waals surface area contributed by atoms with Crippen LogP contribution in [0.25, 0.3) is 11.1 Å². The highest BCUT2D eigenvalue weighted by molar-refractivity contribution is 6.30. The Morgan fingerprint density at radius 1 is 1.40 bits per heavy atom. The van der Waals surface area contributed by atoms with Crippen molar-refractivity contribution in [2.45, 2.75) is 38.0 Å². The summed E-state index contributed by atoms with van der Waals surface area (Å²) in [6, 6.07) is 9.50. The van der Waals surface area contributed by atoms with Crippen LogP contribution in [0.3, 0.4) is 0 Å². The number of ether oxygens (including phenoxy) is 2. The molecule has 0 radical (unpaired) electrons. The number of nitrogens with one attached hydrogen (secondary N) is 1. The molecule has 35 heavy (non-hydrogen) atoms. The van der Waals surface area contributed by atoms with Crippen LogP contribution in [0.1, 0.15) is 42.2 Å². The maximum Gasteiger partial charge on any atom is 0.296 e. The Labute approximate surface area is 208 Å². The van der Waals surface area contributed by atoms with Gasteiger partial charge in [-0.05, 0) is 43.7 Å². The Morgan fingerprint density at radius 3 is 2.89 bits per heavy atom. The molecule has 0 spiro atoms. The second-order valence-electron chi connectivity index (χ2n) is 9.03. The lowest BCUT2D eigenvalue weighted by Crippen LogP contribution is -2.53. The lowest BCUT2D eigenvalue weighted by molar-refractivity contribution is -0.106. The molecule has 0 aliphatic carbocycles. The van der Waals surface area contributed by atoms with Crippen LogP contribution in [0.5, 0.6) is 5.75 Å². The Balaban J connectivity index is 1.59. The number of methoxy groups -OCH3 is 1. The maximum absolute atomic E-state index is 13.8. The van der Waals surface area contributed by atoms with Crippen molar-refractivity contribution in [2.75, 3.05) is 38.8 Å². The number of aliphatic hydroxyl groups is 1. The lowest BCUT2D eigenvalue weighted by atomic mass is 9.96. The molecule has 1 fully saturated rings. The first-order valence-corrected chi connectivity index (χ1v) is 11.8. The van der Waals surface area contributed by atoms with Gasteiger partial charge in [0.2, 0.25) is 0 Å². The van der Waals surface area contributed by atoms with Crippen LogP contribution in [-0.2, 0) is 4.74 Å². The molecule has 2 heterocycles. The van der Waals surface area contributed by atoms with Crippen LogP contribution in [-0.4, -0.2) is 66.1 Å². The standard InChI is InChI=1S/C25H29ClFN3O5/c1-15(31)12-25(2)14-30(7-8-34-25)23(32)17-10-19-22(21(11-17)33-3)35-24(28-19)29-20(13-27)16-5-4-6-18(26)9-16/h4-6,9-11,15,20,31H,7-8,12-14H2,1-3H3,(H,28,29). The van der Waals surface area contributed by atoms with E-state index in [1.54, 1.807) is 48.2 Å². The number of anilines is 1. The molecule has 3 atom stereocenters. The summed E-state index contributed by atoms with van der Waals surface area (Å²) in [7, 11) is 1.48. The van der Waals surface area contributed by atoms with E-state index in [9.17, 15) is 14.3 Å². The minimum absolute atomic E-state index is 0.0985. The molecule has 8 nitrogen and oxygen atoms in total. The number of carbonyl (C=O) groups is 1. The van der Waals surface area contributed by atoms with Gasteiger partial charge in [-0.15, -0.1) is 0 Å². The monoisotopic (exact) mass is 505 g/mol. The van der Waals surface area contributed by atoms with Gasteiger partial charge in [-0.2, -0.15) is 4.98 Å². The Kier molecular flexibility index (Phi) is 7.49. The van der Waals surface area contributed by atoms with Crippen LogP contribution in [0.4, 0.5) is 10.4 Å². The molecule has 3 unspecified atom stereocenters. The second kappa shape index (κ2) is 10.4. The minimum Gasteiger partial charge on any atom is -0.493 e. The largest absolute Gasteiger partial charge is 0.493 e. The number of oxazole rings is 1. The number of benzene rings is 2. The molecule has 1 aliphatic rings. The van der Waals surface area contributed by atoms with Gasteiger partial charge in [0.1, 0.15) is 12.2 Å². The summed E-state index contributed by atoms with van der Waals surface area (Å²) >= 11 is 6.04. The number of halogens is 2. The van der Waals surface area contributed by atoms with E-state index in [-0.39, 0.29) is 11.9 Å². The van der Waals surface area contributed by atoms with Gasteiger partial charge in [-0.1, -0.05) is 23.7 Å². The first-order valence-electron chi connectivity index (χ1n) is 11.4. The molecule has 1 saturated heterocycles. The van der Waals surface area contributed by atoms with E-state index in [4.69, 9.17) is 25.5 Å². The highest BCUT2D eigenvalue weighted by atomic mass is 35.5. The fraction of sp³-hybridized carbons (Fsp3) is 0.440. The van der Waals surface area contributed by atoms with E-state index < -0.39 is 24.4 Å². The molecular formula is C25H29ClFN3O5. The summed E-state index contributed by atoms with van der Waals surface area (Å²) in [4.78, 5) is 19.5.